The third-order valence-corrected chi connectivity index (χ3v) is 4.20. The molecule has 4 nitrogen and oxygen atoms in total. The van der Waals surface area contributed by atoms with Gasteiger partial charge in [-0.25, -0.2) is 0 Å². The molecule has 1 heterocycles. The van der Waals surface area contributed by atoms with Crippen molar-refractivity contribution in [2.45, 2.75) is 25.8 Å². The quantitative estimate of drug-likeness (QED) is 0.843. The van der Waals surface area contributed by atoms with E-state index in [1.165, 1.54) is 12.8 Å². The smallest absolute Gasteiger partial charge is 0.238 e. The number of nitrogens with one attached hydrogen (secondary N) is 2. The molecule has 1 aromatic rings. The molecule has 2 rings (SSSR count). The summed E-state index contributed by atoms with van der Waals surface area (Å²) in [4.78, 5) is 14.4. The molecule has 1 amide bonds. The van der Waals surface area contributed by atoms with E-state index < -0.39 is 0 Å². The number of nitrogens with zero attached hydrogens (tertiary/aromatic N) is 1. The van der Waals surface area contributed by atoms with Gasteiger partial charge in [-0.05, 0) is 45.0 Å². The van der Waals surface area contributed by atoms with Gasteiger partial charge in [0.2, 0.25) is 5.91 Å². The molecule has 0 saturated carbocycles. The lowest BCUT2D eigenvalue weighted by Crippen LogP contribution is -2.41. The Kier molecular flexibility index (Phi) is 6.30. The summed E-state index contributed by atoms with van der Waals surface area (Å²) < 4.78 is 0. The first kappa shape index (κ1) is 16.6. The van der Waals surface area contributed by atoms with E-state index in [1.807, 2.05) is 0 Å². The Bertz CT molecular complexity index is 470. The molecule has 1 aromatic carbocycles. The van der Waals surface area contributed by atoms with Gasteiger partial charge in [0.1, 0.15) is 0 Å². The van der Waals surface area contributed by atoms with E-state index in [9.17, 15) is 4.79 Å². The first-order chi connectivity index (χ1) is 10.1. The highest BCUT2D eigenvalue weighted by Gasteiger charge is 2.15. The van der Waals surface area contributed by atoms with Crippen molar-refractivity contribution in [2.24, 2.45) is 0 Å². The maximum atomic E-state index is 12.0. The number of para-hydroxylation sites is 1. The molecule has 0 spiro atoms. The second kappa shape index (κ2) is 7.99. The maximum absolute atomic E-state index is 12.0. The number of hydrogen-bond donors (Lipinski definition) is 2. The van der Waals surface area contributed by atoms with Crippen LogP contribution in [0.1, 0.15) is 19.8 Å². The number of hydrogen-bond acceptors (Lipinski definition) is 3. The van der Waals surface area contributed by atoms with Crippen molar-refractivity contribution < 1.29 is 4.79 Å². The molecule has 1 saturated heterocycles. The summed E-state index contributed by atoms with van der Waals surface area (Å²) in [6, 6.07) is 5.42. The Morgan fingerprint density at radius 1 is 1.29 bits per heavy atom. The molecule has 1 aliphatic heterocycles. The second-order valence-electron chi connectivity index (χ2n) is 5.43. The van der Waals surface area contributed by atoms with Crippen molar-refractivity contribution in [3.05, 3.63) is 28.2 Å². The summed E-state index contributed by atoms with van der Waals surface area (Å²) in [5, 5.41) is 6.87. The predicted octanol–water partition coefficient (Wildman–Crippen LogP) is 3.01. The van der Waals surface area contributed by atoms with Crippen molar-refractivity contribution in [3.63, 3.8) is 0 Å². The standard InChI is InChI=1S/C15H21Cl2N3O/c1-11(10-20-7-2-3-8-20)18-9-14(21)19-15-12(16)5-4-6-13(15)17/h4-6,11,18H,2-3,7-10H2,1H3,(H,19,21). The third kappa shape index (κ3) is 5.15. The van der Waals surface area contributed by atoms with Crippen LogP contribution in [0.2, 0.25) is 10.0 Å². The molecule has 1 fully saturated rings. The zero-order valence-corrected chi connectivity index (χ0v) is 13.7. The van der Waals surface area contributed by atoms with Crippen LogP contribution in [0.4, 0.5) is 5.69 Å². The number of benzene rings is 1. The molecular weight excluding hydrogens is 309 g/mol. The van der Waals surface area contributed by atoms with Crippen LogP contribution < -0.4 is 10.6 Å². The van der Waals surface area contributed by atoms with Crippen LogP contribution >= 0.6 is 23.2 Å². The van der Waals surface area contributed by atoms with Crippen LogP contribution in [0.25, 0.3) is 0 Å². The molecule has 116 valence electrons. The Labute approximate surface area is 135 Å². The lowest BCUT2D eigenvalue weighted by atomic mass is 10.3. The Hall–Kier alpha value is -0.810. The van der Waals surface area contributed by atoms with Crippen LogP contribution in [0, 0.1) is 0 Å². The van der Waals surface area contributed by atoms with Crippen molar-refractivity contribution in [2.75, 3.05) is 31.5 Å². The third-order valence-electron chi connectivity index (χ3n) is 3.57. The van der Waals surface area contributed by atoms with Crippen LogP contribution in [0.3, 0.4) is 0 Å². The van der Waals surface area contributed by atoms with Gasteiger partial charge in [-0.2, -0.15) is 0 Å². The summed E-state index contributed by atoms with van der Waals surface area (Å²) in [6.45, 7) is 5.63. The number of carbonyl (C=O) groups is 1. The highest BCUT2D eigenvalue weighted by molar-refractivity contribution is 6.39. The molecule has 6 heteroatoms. The van der Waals surface area contributed by atoms with Gasteiger partial charge in [0.15, 0.2) is 0 Å². The number of anilines is 1. The van der Waals surface area contributed by atoms with Gasteiger partial charge in [0.25, 0.3) is 0 Å². The molecule has 1 aliphatic rings. The number of amides is 1. The SMILES string of the molecule is CC(CN1CCCC1)NCC(=O)Nc1c(Cl)cccc1Cl. The van der Waals surface area contributed by atoms with Crippen LogP contribution in [-0.4, -0.2) is 43.0 Å². The minimum atomic E-state index is -0.140. The summed E-state index contributed by atoms with van der Waals surface area (Å²) in [5.74, 6) is -0.140. The zero-order chi connectivity index (χ0) is 15.2. The Morgan fingerprint density at radius 3 is 2.52 bits per heavy atom. The lowest BCUT2D eigenvalue weighted by Gasteiger charge is -2.21. The number of halogens is 2. The minimum absolute atomic E-state index is 0.140. The average molecular weight is 330 g/mol. The zero-order valence-electron chi connectivity index (χ0n) is 12.2. The first-order valence-electron chi connectivity index (χ1n) is 7.26. The fraction of sp³-hybridized carbons (Fsp3) is 0.533. The minimum Gasteiger partial charge on any atom is -0.322 e. The largest absolute Gasteiger partial charge is 0.322 e. The van der Waals surface area contributed by atoms with E-state index in [4.69, 9.17) is 23.2 Å². The molecular formula is C15H21Cl2N3O. The fourth-order valence-corrected chi connectivity index (χ4v) is 2.98. The molecule has 1 unspecified atom stereocenters. The van der Waals surface area contributed by atoms with E-state index in [1.54, 1.807) is 18.2 Å². The van der Waals surface area contributed by atoms with Crippen LogP contribution in [0.15, 0.2) is 18.2 Å². The normalized spacial score (nSPS) is 16.9. The molecule has 0 aromatic heterocycles. The second-order valence-corrected chi connectivity index (χ2v) is 6.25. The summed E-state index contributed by atoms with van der Waals surface area (Å²) in [7, 11) is 0. The van der Waals surface area contributed by atoms with E-state index in [2.05, 4.69) is 22.5 Å². The van der Waals surface area contributed by atoms with E-state index >= 15 is 0 Å². The van der Waals surface area contributed by atoms with Gasteiger partial charge in [0.05, 0.1) is 22.3 Å². The average Bonchev–Trinajstić information content (AvgIpc) is 2.94. The van der Waals surface area contributed by atoms with Gasteiger partial charge in [0, 0.05) is 12.6 Å². The number of carbonyl (C=O) groups excluding carboxylic acids is 1. The van der Waals surface area contributed by atoms with Crippen LogP contribution in [-0.2, 0) is 4.79 Å². The highest BCUT2D eigenvalue weighted by atomic mass is 35.5. The van der Waals surface area contributed by atoms with E-state index in [0.29, 0.717) is 15.7 Å². The van der Waals surface area contributed by atoms with Crippen molar-refractivity contribution in [3.8, 4) is 0 Å². The highest BCUT2D eigenvalue weighted by Crippen LogP contribution is 2.29. The van der Waals surface area contributed by atoms with Crippen LogP contribution in [0.5, 0.6) is 0 Å². The topological polar surface area (TPSA) is 44.4 Å². The molecule has 21 heavy (non-hydrogen) atoms. The summed E-state index contributed by atoms with van der Waals surface area (Å²) >= 11 is 12.0. The van der Waals surface area contributed by atoms with Gasteiger partial charge in [-0.15, -0.1) is 0 Å². The lowest BCUT2D eigenvalue weighted by molar-refractivity contribution is -0.115. The van der Waals surface area contributed by atoms with Gasteiger partial charge < -0.3 is 15.5 Å². The Morgan fingerprint density at radius 2 is 1.90 bits per heavy atom. The van der Waals surface area contributed by atoms with Crippen molar-refractivity contribution in [1.82, 2.24) is 10.2 Å². The maximum Gasteiger partial charge on any atom is 0.238 e. The number of likely N-dealkylation sites (tertiary alicyclic amines) is 1. The first-order valence-corrected chi connectivity index (χ1v) is 8.01. The van der Waals surface area contributed by atoms with Gasteiger partial charge in [-0.1, -0.05) is 29.3 Å². The van der Waals surface area contributed by atoms with E-state index in [-0.39, 0.29) is 18.5 Å². The summed E-state index contributed by atoms with van der Waals surface area (Å²) in [6.07, 6.45) is 2.55. The molecule has 0 bridgehead atoms. The monoisotopic (exact) mass is 329 g/mol. The predicted molar refractivity (Wildman–Crippen MR) is 88.2 cm³/mol. The van der Waals surface area contributed by atoms with Crippen molar-refractivity contribution >= 4 is 34.8 Å². The molecule has 1 atom stereocenters. The summed E-state index contributed by atoms with van der Waals surface area (Å²) in [5.41, 5.74) is 0.472. The number of rotatable bonds is 6. The molecule has 0 radical (unpaired) electrons. The fourth-order valence-electron chi connectivity index (χ4n) is 2.48. The van der Waals surface area contributed by atoms with Crippen molar-refractivity contribution in [1.29, 1.82) is 0 Å². The molecule has 0 aliphatic carbocycles. The Balaban J connectivity index is 1.76. The van der Waals surface area contributed by atoms with E-state index in [0.717, 1.165) is 19.6 Å². The van der Waals surface area contributed by atoms with Gasteiger partial charge in [-0.3, -0.25) is 4.79 Å². The van der Waals surface area contributed by atoms with Gasteiger partial charge >= 0.3 is 0 Å². The molecule has 2 N–H and O–H groups in total.